The Morgan fingerprint density at radius 3 is 1.05 bits per heavy atom. The number of nitrogens with one attached hydrogen (secondary N) is 1. The molecule has 0 aliphatic carbocycles. The molecule has 0 radical (unpaired) electrons. The van der Waals surface area contributed by atoms with Gasteiger partial charge in [0.15, 0.2) is 18.9 Å². The molecule has 3 aliphatic rings. The molecule has 1 amide bonds. The molecule has 3 heterocycles. The van der Waals surface area contributed by atoms with Gasteiger partial charge >= 0.3 is 0 Å². The van der Waals surface area contributed by atoms with Crippen LogP contribution in [0, 0.1) is 0 Å². The number of hydrogen-bond acceptors (Lipinski definition) is 18. The zero-order valence-corrected chi connectivity index (χ0v) is 59.7. The summed E-state index contributed by atoms with van der Waals surface area (Å²) in [5, 5.41) is 121. The lowest BCUT2D eigenvalue weighted by molar-refractivity contribution is -0.379. The first-order valence-corrected chi connectivity index (χ1v) is 39.1. The maximum absolute atomic E-state index is 13.5. The Balaban J connectivity index is 1.39. The summed E-state index contributed by atoms with van der Waals surface area (Å²) < 4.78 is 34.4. The predicted octanol–water partition coefficient (Wildman–Crippen LogP) is 12.2. The number of carbonyl (C=O) groups excluding carboxylic acids is 1. The lowest BCUT2D eigenvalue weighted by Gasteiger charge is -2.48. The number of unbranched alkanes of at least 4 members (excludes halogenated alkanes) is 44. The summed E-state index contributed by atoms with van der Waals surface area (Å²) in [5.74, 6) is -0.278. The molecule has 3 fully saturated rings. The monoisotopic (exact) mass is 1360 g/mol. The van der Waals surface area contributed by atoms with Crippen molar-refractivity contribution in [3.05, 3.63) is 24.3 Å². The first-order valence-electron chi connectivity index (χ1n) is 39.1. The topological polar surface area (TPSA) is 307 Å². The van der Waals surface area contributed by atoms with Crippen LogP contribution in [0.5, 0.6) is 0 Å². The fraction of sp³-hybridized carbons (Fsp3) is 0.934. The van der Waals surface area contributed by atoms with Gasteiger partial charge in [0, 0.05) is 6.42 Å². The molecular formula is C76H143NO18. The van der Waals surface area contributed by atoms with Crippen LogP contribution < -0.4 is 5.32 Å². The van der Waals surface area contributed by atoms with Crippen molar-refractivity contribution in [3.8, 4) is 0 Å². The van der Waals surface area contributed by atoms with E-state index in [0.29, 0.717) is 12.8 Å². The molecule has 0 aromatic carbocycles. The van der Waals surface area contributed by atoms with E-state index < -0.39 is 124 Å². The van der Waals surface area contributed by atoms with E-state index in [2.05, 4.69) is 31.3 Å². The first-order chi connectivity index (χ1) is 46.3. The summed E-state index contributed by atoms with van der Waals surface area (Å²) in [5.41, 5.74) is 0. The number of rotatable bonds is 62. The minimum Gasteiger partial charge on any atom is -0.394 e. The molecule has 0 saturated carbocycles. The molecule has 19 nitrogen and oxygen atoms in total. The van der Waals surface area contributed by atoms with E-state index in [1.807, 2.05) is 6.08 Å². The van der Waals surface area contributed by atoms with Gasteiger partial charge in [-0.3, -0.25) is 4.79 Å². The van der Waals surface area contributed by atoms with Gasteiger partial charge in [0.2, 0.25) is 5.91 Å². The molecule has 0 aromatic rings. The smallest absolute Gasteiger partial charge is 0.220 e. The van der Waals surface area contributed by atoms with E-state index >= 15 is 0 Å². The summed E-state index contributed by atoms with van der Waals surface area (Å²) in [4.78, 5) is 13.5. The highest BCUT2D eigenvalue weighted by Gasteiger charge is 2.53. The van der Waals surface area contributed by atoms with Crippen LogP contribution in [-0.2, 0) is 33.2 Å². The highest BCUT2D eigenvalue weighted by molar-refractivity contribution is 5.76. The third kappa shape index (κ3) is 38.8. The normalized spacial score (nSPS) is 27.3. The molecule has 3 aliphatic heterocycles. The molecule has 560 valence electrons. The van der Waals surface area contributed by atoms with Crippen LogP contribution in [0.25, 0.3) is 0 Å². The Bertz CT molecular complexity index is 1810. The number of carbonyl (C=O) groups is 1. The van der Waals surface area contributed by atoms with E-state index in [4.69, 9.17) is 28.4 Å². The largest absolute Gasteiger partial charge is 0.394 e. The van der Waals surface area contributed by atoms with E-state index in [-0.39, 0.29) is 18.9 Å². The van der Waals surface area contributed by atoms with Crippen molar-refractivity contribution in [2.75, 3.05) is 26.4 Å². The average Bonchev–Trinajstić information content (AvgIpc) is 0.787. The predicted molar refractivity (Wildman–Crippen MR) is 374 cm³/mol. The van der Waals surface area contributed by atoms with Crippen LogP contribution in [0.2, 0.25) is 0 Å². The summed E-state index contributed by atoms with van der Waals surface area (Å²) in [6.45, 7) is 1.77. The van der Waals surface area contributed by atoms with Crippen LogP contribution in [-0.4, -0.2) is 193 Å². The van der Waals surface area contributed by atoms with Crippen molar-refractivity contribution < 1.29 is 89.4 Å². The SMILES string of the molecule is CCCCCCCCCCCCCCCCC/C=C/CC/C=C/C(O)C(COC1OC(CO)C(OC2OC(CO)C(OC3OC(CO)C(O)C(O)C3O)C(O)C2O)C(O)C1O)NC(=O)CCCCCCCCCCCCCCCCCCCCCCCCCCCCCCC. The van der Waals surface area contributed by atoms with E-state index in [9.17, 15) is 61.0 Å². The van der Waals surface area contributed by atoms with Gasteiger partial charge in [-0.15, -0.1) is 0 Å². The molecule has 17 unspecified atom stereocenters. The Morgan fingerprint density at radius 2 is 0.674 bits per heavy atom. The van der Waals surface area contributed by atoms with E-state index in [1.165, 1.54) is 250 Å². The summed E-state index contributed by atoms with van der Waals surface area (Å²) in [7, 11) is 0. The van der Waals surface area contributed by atoms with Crippen LogP contribution in [0.3, 0.4) is 0 Å². The summed E-state index contributed by atoms with van der Waals surface area (Å²) in [6, 6.07) is -0.988. The fourth-order valence-electron chi connectivity index (χ4n) is 13.4. The van der Waals surface area contributed by atoms with Gasteiger partial charge in [-0.05, 0) is 32.1 Å². The first kappa shape index (κ1) is 87.5. The summed E-state index contributed by atoms with van der Waals surface area (Å²) in [6.07, 6.45) is 41.7. The Hall–Kier alpha value is -1.73. The molecule has 95 heavy (non-hydrogen) atoms. The Morgan fingerprint density at radius 1 is 0.368 bits per heavy atom. The minimum atomic E-state index is -1.98. The minimum absolute atomic E-state index is 0.241. The second-order valence-corrected chi connectivity index (χ2v) is 28.2. The van der Waals surface area contributed by atoms with Gasteiger partial charge in [-0.1, -0.05) is 308 Å². The highest BCUT2D eigenvalue weighted by Crippen LogP contribution is 2.33. The van der Waals surface area contributed by atoms with Crippen molar-refractivity contribution in [1.82, 2.24) is 5.32 Å². The van der Waals surface area contributed by atoms with Gasteiger partial charge in [0.05, 0.1) is 38.6 Å². The molecular weight excluding hydrogens is 1210 g/mol. The third-order valence-electron chi connectivity index (χ3n) is 19.8. The number of aliphatic hydroxyl groups is 11. The molecule has 12 N–H and O–H groups in total. The van der Waals surface area contributed by atoms with Gasteiger partial charge < -0.3 is 89.9 Å². The van der Waals surface area contributed by atoms with Crippen molar-refractivity contribution in [2.45, 2.75) is 426 Å². The van der Waals surface area contributed by atoms with Crippen LogP contribution in [0.15, 0.2) is 24.3 Å². The van der Waals surface area contributed by atoms with E-state index in [1.54, 1.807) is 6.08 Å². The van der Waals surface area contributed by atoms with Crippen molar-refractivity contribution >= 4 is 5.91 Å². The molecule has 3 saturated heterocycles. The van der Waals surface area contributed by atoms with Gasteiger partial charge in [-0.2, -0.15) is 0 Å². The average molecular weight is 1360 g/mol. The van der Waals surface area contributed by atoms with Crippen molar-refractivity contribution in [3.63, 3.8) is 0 Å². The Kier molecular flexibility index (Phi) is 53.3. The number of amides is 1. The third-order valence-corrected chi connectivity index (χ3v) is 19.8. The molecule has 19 heteroatoms. The molecule has 3 rings (SSSR count). The van der Waals surface area contributed by atoms with Crippen LogP contribution >= 0.6 is 0 Å². The molecule has 0 bridgehead atoms. The quantitative estimate of drug-likeness (QED) is 0.0199. The summed E-state index contributed by atoms with van der Waals surface area (Å²) >= 11 is 0. The fourth-order valence-corrected chi connectivity index (χ4v) is 13.4. The Labute approximate surface area is 575 Å². The second kappa shape index (κ2) is 57.8. The zero-order chi connectivity index (χ0) is 68.9. The lowest BCUT2D eigenvalue weighted by atomic mass is 9.96. The maximum Gasteiger partial charge on any atom is 0.220 e. The van der Waals surface area contributed by atoms with Gasteiger partial charge in [-0.25, -0.2) is 0 Å². The molecule has 0 spiro atoms. The number of allylic oxidation sites excluding steroid dienone is 3. The number of hydrogen-bond donors (Lipinski definition) is 12. The molecule has 17 atom stereocenters. The van der Waals surface area contributed by atoms with Crippen molar-refractivity contribution in [2.24, 2.45) is 0 Å². The number of ether oxygens (including phenoxy) is 6. The highest BCUT2D eigenvalue weighted by atomic mass is 16.8. The van der Waals surface area contributed by atoms with Crippen LogP contribution in [0.4, 0.5) is 0 Å². The van der Waals surface area contributed by atoms with E-state index in [0.717, 1.165) is 38.5 Å². The second-order valence-electron chi connectivity index (χ2n) is 28.2. The maximum atomic E-state index is 13.5. The standard InChI is InChI=1S/C76H143NO18/c1-3-5-7-9-11-13-15-17-19-21-23-25-26-27-28-29-30-31-32-34-36-38-40-42-44-46-48-50-52-54-64(82)77-59(60(81)53-51-49-47-45-43-41-39-37-35-33-24-22-20-18-16-14-12-10-8-6-4-2)58-90-74-70(88)67(85)72(62(56-79)92-74)95-76-71(89)68(86)73(63(57-80)93-76)94-75-69(87)66(84)65(83)61(55-78)91-75/h43,45,51,53,59-63,65-76,78-81,83-89H,3-42,44,46-50,52,54-58H2,1-2H3,(H,77,82)/b45-43+,53-51+. The van der Waals surface area contributed by atoms with Gasteiger partial charge in [0.25, 0.3) is 0 Å². The lowest BCUT2D eigenvalue weighted by Crippen LogP contribution is -2.66. The number of aliphatic hydroxyl groups excluding tert-OH is 11. The van der Waals surface area contributed by atoms with Crippen LogP contribution in [0.1, 0.15) is 322 Å². The van der Waals surface area contributed by atoms with Gasteiger partial charge in [0.1, 0.15) is 73.2 Å². The zero-order valence-electron chi connectivity index (χ0n) is 59.7. The molecule has 0 aromatic heterocycles. The van der Waals surface area contributed by atoms with Crippen molar-refractivity contribution in [1.29, 1.82) is 0 Å².